The maximum atomic E-state index is 11.5. The van der Waals surface area contributed by atoms with Crippen LogP contribution in [0.1, 0.15) is 23.0 Å². The Hall–Kier alpha value is -2.47. The van der Waals surface area contributed by atoms with E-state index in [2.05, 4.69) is 56.5 Å². The SMILES string of the molecule is CNC(=O)c1ccc(N2CCN(Cc3ccccc3)C[C@@H]2C)nn1. The Bertz CT molecular complexity index is 674. The molecule has 1 aliphatic heterocycles. The first kappa shape index (κ1) is 16.4. The maximum Gasteiger partial charge on any atom is 0.271 e. The molecule has 0 spiro atoms. The first-order valence-corrected chi connectivity index (χ1v) is 8.26. The van der Waals surface area contributed by atoms with Crippen LogP contribution in [0.2, 0.25) is 0 Å². The average molecular weight is 325 g/mol. The third-order valence-electron chi connectivity index (χ3n) is 4.37. The van der Waals surface area contributed by atoms with Crippen LogP contribution in [0.5, 0.6) is 0 Å². The number of anilines is 1. The molecule has 0 bridgehead atoms. The summed E-state index contributed by atoms with van der Waals surface area (Å²) in [5.74, 6) is 0.615. The van der Waals surface area contributed by atoms with E-state index in [1.165, 1.54) is 5.56 Å². The number of aromatic nitrogens is 2. The highest BCUT2D eigenvalue weighted by atomic mass is 16.1. The zero-order valence-corrected chi connectivity index (χ0v) is 14.1. The van der Waals surface area contributed by atoms with Gasteiger partial charge in [-0.3, -0.25) is 9.69 Å². The molecule has 3 rings (SSSR count). The Labute approximate surface area is 142 Å². The van der Waals surface area contributed by atoms with Gasteiger partial charge in [0.2, 0.25) is 0 Å². The Kier molecular flexibility index (Phi) is 5.05. The van der Waals surface area contributed by atoms with Gasteiger partial charge in [-0.05, 0) is 24.6 Å². The van der Waals surface area contributed by atoms with Gasteiger partial charge in [0.15, 0.2) is 11.5 Å². The van der Waals surface area contributed by atoms with Gasteiger partial charge in [0.05, 0.1) is 0 Å². The highest BCUT2D eigenvalue weighted by Gasteiger charge is 2.25. The second kappa shape index (κ2) is 7.40. The van der Waals surface area contributed by atoms with Crippen LogP contribution in [0.25, 0.3) is 0 Å². The normalized spacial score (nSPS) is 18.4. The van der Waals surface area contributed by atoms with E-state index in [4.69, 9.17) is 0 Å². The predicted molar refractivity (Wildman–Crippen MR) is 93.9 cm³/mol. The second-order valence-electron chi connectivity index (χ2n) is 6.12. The topological polar surface area (TPSA) is 61.4 Å². The number of rotatable bonds is 4. The molecule has 1 amide bonds. The highest BCUT2D eigenvalue weighted by Crippen LogP contribution is 2.19. The summed E-state index contributed by atoms with van der Waals surface area (Å²) in [6.07, 6.45) is 0. The van der Waals surface area contributed by atoms with E-state index in [9.17, 15) is 4.79 Å². The van der Waals surface area contributed by atoms with E-state index in [-0.39, 0.29) is 5.91 Å². The number of benzene rings is 1. The minimum atomic E-state index is -0.213. The Morgan fingerprint density at radius 2 is 1.96 bits per heavy atom. The maximum absolute atomic E-state index is 11.5. The number of amides is 1. The lowest BCUT2D eigenvalue weighted by Gasteiger charge is -2.40. The largest absolute Gasteiger partial charge is 0.354 e. The number of hydrogen-bond acceptors (Lipinski definition) is 5. The molecule has 1 aliphatic rings. The molecule has 6 nitrogen and oxygen atoms in total. The van der Waals surface area contributed by atoms with Crippen LogP contribution in [0.3, 0.4) is 0 Å². The fraction of sp³-hybridized carbons (Fsp3) is 0.389. The summed E-state index contributed by atoms with van der Waals surface area (Å²) >= 11 is 0. The fourth-order valence-corrected chi connectivity index (χ4v) is 3.09. The van der Waals surface area contributed by atoms with Crippen LogP contribution in [-0.2, 0) is 6.54 Å². The van der Waals surface area contributed by atoms with E-state index in [0.29, 0.717) is 11.7 Å². The number of piperazine rings is 1. The van der Waals surface area contributed by atoms with Gasteiger partial charge in [0, 0.05) is 39.3 Å². The quantitative estimate of drug-likeness (QED) is 0.924. The van der Waals surface area contributed by atoms with Gasteiger partial charge in [0.1, 0.15) is 0 Å². The number of nitrogens with zero attached hydrogens (tertiary/aromatic N) is 4. The van der Waals surface area contributed by atoms with Crippen LogP contribution in [0.4, 0.5) is 5.82 Å². The van der Waals surface area contributed by atoms with E-state index in [0.717, 1.165) is 32.0 Å². The summed E-state index contributed by atoms with van der Waals surface area (Å²) < 4.78 is 0. The van der Waals surface area contributed by atoms with Crippen molar-refractivity contribution >= 4 is 11.7 Å². The van der Waals surface area contributed by atoms with Gasteiger partial charge in [-0.25, -0.2) is 0 Å². The van der Waals surface area contributed by atoms with Crippen molar-refractivity contribution in [1.82, 2.24) is 20.4 Å². The average Bonchev–Trinajstić information content (AvgIpc) is 2.62. The second-order valence-corrected chi connectivity index (χ2v) is 6.12. The van der Waals surface area contributed by atoms with Crippen LogP contribution >= 0.6 is 0 Å². The standard InChI is InChI=1S/C18H23N5O/c1-14-12-22(13-15-6-4-3-5-7-15)10-11-23(14)17-9-8-16(20-21-17)18(24)19-2/h3-9,14H,10-13H2,1-2H3,(H,19,24)/t14-/m0/s1. The summed E-state index contributed by atoms with van der Waals surface area (Å²) in [6, 6.07) is 14.5. The number of hydrogen-bond donors (Lipinski definition) is 1. The van der Waals surface area contributed by atoms with Gasteiger partial charge in [-0.1, -0.05) is 30.3 Å². The third-order valence-corrected chi connectivity index (χ3v) is 4.37. The predicted octanol–water partition coefficient (Wildman–Crippen LogP) is 1.55. The van der Waals surface area contributed by atoms with Gasteiger partial charge in [-0.2, -0.15) is 0 Å². The molecule has 1 fully saturated rings. The van der Waals surface area contributed by atoms with Crippen molar-refractivity contribution in [2.24, 2.45) is 0 Å². The zero-order valence-electron chi connectivity index (χ0n) is 14.1. The lowest BCUT2D eigenvalue weighted by Crippen LogP contribution is -2.52. The molecule has 6 heteroatoms. The number of carbonyl (C=O) groups is 1. The van der Waals surface area contributed by atoms with Crippen molar-refractivity contribution in [2.45, 2.75) is 19.5 Å². The molecule has 2 heterocycles. The molecule has 126 valence electrons. The summed E-state index contributed by atoms with van der Waals surface area (Å²) in [5.41, 5.74) is 1.68. The van der Waals surface area contributed by atoms with Crippen LogP contribution in [-0.4, -0.2) is 53.7 Å². The molecule has 1 atom stereocenters. The first-order chi connectivity index (χ1) is 11.7. The van der Waals surface area contributed by atoms with Gasteiger partial charge in [-0.15, -0.1) is 10.2 Å². The lowest BCUT2D eigenvalue weighted by molar-refractivity contribution is 0.0957. The van der Waals surface area contributed by atoms with Crippen LogP contribution in [0, 0.1) is 0 Å². The molecule has 24 heavy (non-hydrogen) atoms. The van der Waals surface area contributed by atoms with Crippen LogP contribution in [0.15, 0.2) is 42.5 Å². The van der Waals surface area contributed by atoms with E-state index < -0.39 is 0 Å². The molecule has 0 aliphatic carbocycles. The van der Waals surface area contributed by atoms with Crippen molar-refractivity contribution in [3.05, 3.63) is 53.7 Å². The van der Waals surface area contributed by atoms with Crippen molar-refractivity contribution in [3.63, 3.8) is 0 Å². The molecular formula is C18H23N5O. The number of nitrogens with one attached hydrogen (secondary N) is 1. The van der Waals surface area contributed by atoms with Gasteiger partial charge in [0.25, 0.3) is 5.91 Å². The van der Waals surface area contributed by atoms with E-state index in [1.54, 1.807) is 13.1 Å². The minimum Gasteiger partial charge on any atom is -0.354 e. The first-order valence-electron chi connectivity index (χ1n) is 8.26. The Morgan fingerprint density at radius 3 is 2.58 bits per heavy atom. The molecular weight excluding hydrogens is 302 g/mol. The van der Waals surface area contributed by atoms with Crippen molar-refractivity contribution in [3.8, 4) is 0 Å². The summed E-state index contributed by atoms with van der Waals surface area (Å²) in [7, 11) is 1.59. The molecule has 1 aromatic heterocycles. The molecule has 2 aromatic rings. The zero-order chi connectivity index (χ0) is 16.9. The van der Waals surface area contributed by atoms with Crippen LogP contribution < -0.4 is 10.2 Å². The monoisotopic (exact) mass is 325 g/mol. The fourth-order valence-electron chi connectivity index (χ4n) is 3.09. The Balaban J connectivity index is 1.62. The molecule has 0 saturated carbocycles. The lowest BCUT2D eigenvalue weighted by atomic mass is 10.1. The molecule has 1 aromatic carbocycles. The molecule has 1 saturated heterocycles. The minimum absolute atomic E-state index is 0.213. The van der Waals surface area contributed by atoms with Crippen molar-refractivity contribution < 1.29 is 4.79 Å². The smallest absolute Gasteiger partial charge is 0.271 e. The van der Waals surface area contributed by atoms with Gasteiger partial charge < -0.3 is 10.2 Å². The van der Waals surface area contributed by atoms with E-state index >= 15 is 0 Å². The van der Waals surface area contributed by atoms with Gasteiger partial charge >= 0.3 is 0 Å². The third kappa shape index (κ3) is 3.71. The van der Waals surface area contributed by atoms with Crippen molar-refractivity contribution in [1.29, 1.82) is 0 Å². The number of carbonyl (C=O) groups excluding carboxylic acids is 1. The molecule has 1 N–H and O–H groups in total. The summed E-state index contributed by atoms with van der Waals surface area (Å²) in [4.78, 5) is 16.3. The summed E-state index contributed by atoms with van der Waals surface area (Å²) in [5, 5.41) is 10.8. The molecule has 0 radical (unpaired) electrons. The highest BCUT2D eigenvalue weighted by molar-refractivity contribution is 5.91. The van der Waals surface area contributed by atoms with E-state index in [1.807, 2.05) is 12.1 Å². The molecule has 0 unspecified atom stereocenters. The van der Waals surface area contributed by atoms with Crippen molar-refractivity contribution in [2.75, 3.05) is 31.6 Å². The Morgan fingerprint density at radius 1 is 1.17 bits per heavy atom. The summed E-state index contributed by atoms with van der Waals surface area (Å²) in [6.45, 7) is 6.04.